The van der Waals surface area contributed by atoms with Crippen molar-refractivity contribution < 1.29 is 28.6 Å². The molecule has 0 radical (unpaired) electrons. The van der Waals surface area contributed by atoms with Crippen LogP contribution in [0, 0.1) is 12.7 Å². The molecule has 0 fully saturated rings. The molecule has 1 heterocycles. The summed E-state index contributed by atoms with van der Waals surface area (Å²) in [5, 5.41) is 19.3. The van der Waals surface area contributed by atoms with Crippen LogP contribution >= 0.6 is 0 Å². The van der Waals surface area contributed by atoms with Gasteiger partial charge in [-0.05, 0) is 53.8 Å². The molecule has 0 bridgehead atoms. The van der Waals surface area contributed by atoms with Crippen LogP contribution in [0.4, 0.5) is 4.39 Å². The maximum atomic E-state index is 13.8. The number of fused-ring (bicyclic) bond motifs is 1. The van der Waals surface area contributed by atoms with Crippen molar-refractivity contribution in [2.75, 3.05) is 0 Å². The van der Waals surface area contributed by atoms with Crippen molar-refractivity contribution in [3.63, 3.8) is 0 Å². The number of para-hydroxylation sites is 1. The fourth-order valence-corrected chi connectivity index (χ4v) is 3.57. The molecule has 5 nitrogen and oxygen atoms in total. The van der Waals surface area contributed by atoms with E-state index in [4.69, 9.17) is 9.52 Å². The van der Waals surface area contributed by atoms with E-state index >= 15 is 0 Å². The number of hydrogen-bond donors (Lipinski definition) is 2. The number of hydrogen-bond acceptors (Lipinski definition) is 4. The summed E-state index contributed by atoms with van der Waals surface area (Å²) in [5.41, 5.74) is 3.72. The second-order valence-electron chi connectivity index (χ2n) is 7.94. The van der Waals surface area contributed by atoms with Gasteiger partial charge in [0.2, 0.25) is 0 Å². The second-order valence-corrected chi connectivity index (χ2v) is 7.94. The summed E-state index contributed by atoms with van der Waals surface area (Å²) in [6.07, 6.45) is 0.746. The summed E-state index contributed by atoms with van der Waals surface area (Å²) in [6, 6.07) is 10.7. The van der Waals surface area contributed by atoms with Crippen molar-refractivity contribution in [3.8, 4) is 11.1 Å². The Morgan fingerprint density at radius 1 is 1.16 bits per heavy atom. The molecule has 32 heavy (non-hydrogen) atoms. The predicted molar refractivity (Wildman–Crippen MR) is 125 cm³/mol. The van der Waals surface area contributed by atoms with Crippen molar-refractivity contribution in [1.82, 2.24) is 0 Å². The van der Waals surface area contributed by atoms with Gasteiger partial charge in [-0.25, -0.2) is 4.39 Å². The van der Waals surface area contributed by atoms with Gasteiger partial charge in [0.25, 0.3) is 0 Å². The Labute approximate surface area is 208 Å². The first-order valence-electron chi connectivity index (χ1n) is 10.1. The van der Waals surface area contributed by atoms with Crippen molar-refractivity contribution >= 4 is 58.4 Å². The Balaban J connectivity index is 0.00000363. The number of halogens is 1. The monoisotopic (exact) mass is 448 g/mol. The van der Waals surface area contributed by atoms with Crippen LogP contribution in [0.1, 0.15) is 49.5 Å². The van der Waals surface area contributed by atoms with Crippen molar-refractivity contribution in [3.05, 3.63) is 65.2 Å². The molecule has 0 saturated carbocycles. The topological polar surface area (TPSA) is 87.7 Å². The Morgan fingerprint density at radius 2 is 1.88 bits per heavy atom. The van der Waals surface area contributed by atoms with Crippen LogP contribution in [0.15, 0.2) is 46.9 Å². The van der Waals surface area contributed by atoms with E-state index in [2.05, 4.69) is 13.8 Å². The molecule has 7 heteroatoms. The normalized spacial score (nSPS) is 12.3. The van der Waals surface area contributed by atoms with Crippen molar-refractivity contribution in [2.24, 2.45) is 0 Å². The molecule has 0 aliphatic carbocycles. The number of aryl methyl sites for hydroxylation is 1. The molecule has 0 spiro atoms. The molecule has 3 rings (SSSR count). The predicted octanol–water partition coefficient (Wildman–Crippen LogP) is 4.83. The Kier molecular flexibility index (Phi) is 8.98. The van der Waals surface area contributed by atoms with E-state index in [1.54, 1.807) is 19.1 Å². The minimum absolute atomic E-state index is 0. The minimum atomic E-state index is -1.25. The third-order valence-corrected chi connectivity index (χ3v) is 5.11. The summed E-state index contributed by atoms with van der Waals surface area (Å²) in [5.74, 6) is -1.24. The number of rotatable bonds is 8. The van der Waals surface area contributed by atoms with Gasteiger partial charge in [0.1, 0.15) is 17.2 Å². The number of aliphatic carboxylic acids is 1. The van der Waals surface area contributed by atoms with E-state index in [1.807, 2.05) is 18.2 Å². The molecule has 1 unspecified atom stereocenters. The van der Waals surface area contributed by atoms with Gasteiger partial charge >= 0.3 is 35.5 Å². The van der Waals surface area contributed by atoms with Crippen LogP contribution < -0.4 is 0 Å². The molecule has 0 aliphatic heterocycles. The van der Waals surface area contributed by atoms with Gasteiger partial charge in [0.15, 0.2) is 5.78 Å². The van der Waals surface area contributed by atoms with Gasteiger partial charge in [0.05, 0.1) is 12.5 Å². The zero-order valence-electron chi connectivity index (χ0n) is 17.7. The average Bonchev–Trinajstić information content (AvgIpc) is 3.06. The molecule has 1 aromatic heterocycles. The van der Waals surface area contributed by atoms with E-state index in [0.717, 1.165) is 22.1 Å². The Hall–Kier alpha value is -2.25. The van der Waals surface area contributed by atoms with E-state index in [9.17, 15) is 19.1 Å². The second kappa shape index (κ2) is 11.1. The van der Waals surface area contributed by atoms with Crippen LogP contribution in [-0.2, 0) is 9.59 Å². The molecule has 3 aromatic rings. The molecule has 0 aliphatic rings. The summed E-state index contributed by atoms with van der Waals surface area (Å²) < 4.78 is 20.0. The number of aliphatic hydroxyl groups is 1. The molecule has 1 atom stereocenters. The molecule has 0 saturated heterocycles. The third-order valence-electron chi connectivity index (χ3n) is 5.11. The van der Waals surface area contributed by atoms with Gasteiger partial charge in [-0.15, -0.1) is 0 Å². The van der Waals surface area contributed by atoms with Crippen LogP contribution in [0.2, 0.25) is 0 Å². The zero-order valence-corrected chi connectivity index (χ0v) is 17.7. The first kappa shape index (κ1) is 26.0. The van der Waals surface area contributed by atoms with Crippen LogP contribution in [0.5, 0.6) is 0 Å². The van der Waals surface area contributed by atoms with Gasteiger partial charge in [-0.3, -0.25) is 9.59 Å². The van der Waals surface area contributed by atoms with Gasteiger partial charge in [0, 0.05) is 17.4 Å². The zero-order chi connectivity index (χ0) is 22.7. The summed E-state index contributed by atoms with van der Waals surface area (Å²) in [6.45, 7) is 5.80. The average molecular weight is 448 g/mol. The van der Waals surface area contributed by atoms with Crippen LogP contribution in [0.3, 0.4) is 0 Å². The molecule has 2 aromatic carbocycles. The number of allylic oxidation sites excluding steroid dienone is 1. The van der Waals surface area contributed by atoms with Gasteiger partial charge in [-0.1, -0.05) is 38.1 Å². The molecule has 0 amide bonds. The summed E-state index contributed by atoms with van der Waals surface area (Å²) in [7, 11) is 0. The van der Waals surface area contributed by atoms with Crippen LogP contribution in [0.25, 0.3) is 28.2 Å². The maximum absolute atomic E-state index is 13.8. The number of carboxylic acids is 1. The number of carbonyl (C=O) groups is 2. The summed E-state index contributed by atoms with van der Waals surface area (Å²) >= 11 is 0. The van der Waals surface area contributed by atoms with E-state index in [-0.39, 0.29) is 47.7 Å². The van der Waals surface area contributed by atoms with Crippen molar-refractivity contribution in [2.45, 2.75) is 45.6 Å². The van der Waals surface area contributed by atoms with Gasteiger partial charge in [-0.2, -0.15) is 0 Å². The third kappa shape index (κ3) is 5.95. The molecule has 2 N–H and O–H groups in total. The quantitative estimate of drug-likeness (QED) is 0.381. The number of ketones is 1. The van der Waals surface area contributed by atoms with Crippen molar-refractivity contribution in [1.29, 1.82) is 0 Å². The fourth-order valence-electron chi connectivity index (χ4n) is 3.57. The summed E-state index contributed by atoms with van der Waals surface area (Å²) in [4.78, 5) is 22.9. The molecular formula is C25H26FNaO5. The van der Waals surface area contributed by atoms with E-state index in [0.29, 0.717) is 16.9 Å². The molecule has 164 valence electrons. The fraction of sp³-hybridized carbons (Fsp3) is 0.280. The van der Waals surface area contributed by atoms with Crippen LogP contribution in [-0.4, -0.2) is 57.6 Å². The van der Waals surface area contributed by atoms with Gasteiger partial charge < -0.3 is 14.6 Å². The first-order valence-corrected chi connectivity index (χ1v) is 10.1. The first-order chi connectivity index (χ1) is 14.7. The number of carbonyl (C=O) groups excluding carboxylic acids is 1. The van der Waals surface area contributed by atoms with E-state index < -0.39 is 24.3 Å². The Morgan fingerprint density at radius 3 is 2.50 bits per heavy atom. The number of carboxylic acid groups (broad SMARTS) is 1. The molecular weight excluding hydrogens is 422 g/mol. The SMILES string of the molecule is Cc1cc(-c2c(C=CC(=O)CC(O)CC(=O)O)oc3c(C(C)C)cccc23)ccc1F.[NaH]. The van der Waals surface area contributed by atoms with E-state index in [1.165, 1.54) is 18.2 Å². The Bertz CT molecular complexity index is 1160. The standard InChI is InChI=1S/C25H25FO5.Na.H/c1-14(2)19-5-4-6-20-24(16-7-9-21(26)15(3)11-16)22(31-25(19)20)10-8-17(27)12-18(28)13-23(29)30;;/h4-11,14,18,28H,12-13H2,1-3H3,(H,29,30);;. The number of benzene rings is 2. The number of aliphatic hydroxyl groups excluding tert-OH is 1. The number of furan rings is 1.